The molecule has 1 heterocycles. The van der Waals surface area contributed by atoms with E-state index in [1.54, 1.807) is 4.90 Å². The van der Waals surface area contributed by atoms with Gasteiger partial charge in [0.05, 0.1) is 5.54 Å². The third-order valence-corrected chi connectivity index (χ3v) is 3.73. The first-order valence-electron chi connectivity index (χ1n) is 6.91. The summed E-state index contributed by atoms with van der Waals surface area (Å²) in [6.07, 6.45) is 9.14. The Labute approximate surface area is 105 Å². The van der Waals surface area contributed by atoms with Crippen LogP contribution < -0.4 is 0 Å². The van der Waals surface area contributed by atoms with Gasteiger partial charge in [0, 0.05) is 13.0 Å². The molecular formula is C14H25NO2. The summed E-state index contributed by atoms with van der Waals surface area (Å²) in [6.45, 7) is 4.83. The third kappa shape index (κ3) is 3.83. The average molecular weight is 239 g/mol. The Morgan fingerprint density at radius 1 is 1.29 bits per heavy atom. The maximum absolute atomic E-state index is 11.9. The van der Waals surface area contributed by atoms with Gasteiger partial charge in [-0.1, -0.05) is 32.6 Å². The summed E-state index contributed by atoms with van der Waals surface area (Å²) in [6, 6.07) is 0. The van der Waals surface area contributed by atoms with Crippen LogP contribution in [0.15, 0.2) is 0 Å². The number of nitrogens with zero attached hydrogens (tertiary/aromatic N) is 1. The van der Waals surface area contributed by atoms with E-state index in [0.717, 1.165) is 38.5 Å². The van der Waals surface area contributed by atoms with E-state index in [1.165, 1.54) is 19.3 Å². The smallest absolute Gasteiger partial charge is 0.223 e. The minimum Gasteiger partial charge on any atom is -0.331 e. The second-order valence-electron chi connectivity index (χ2n) is 5.29. The summed E-state index contributed by atoms with van der Waals surface area (Å²) in [7, 11) is 0. The van der Waals surface area contributed by atoms with E-state index in [-0.39, 0.29) is 5.91 Å². The molecule has 0 radical (unpaired) electrons. The first-order valence-corrected chi connectivity index (χ1v) is 6.91. The van der Waals surface area contributed by atoms with E-state index in [2.05, 4.69) is 6.92 Å². The zero-order chi connectivity index (χ0) is 12.7. The first kappa shape index (κ1) is 14.2. The van der Waals surface area contributed by atoms with Gasteiger partial charge in [-0.15, -0.1) is 0 Å². The van der Waals surface area contributed by atoms with Crippen molar-refractivity contribution in [2.45, 2.75) is 70.8 Å². The summed E-state index contributed by atoms with van der Waals surface area (Å²) in [5.41, 5.74) is -0.542. The molecule has 0 aliphatic carbocycles. The fourth-order valence-corrected chi connectivity index (χ4v) is 2.53. The van der Waals surface area contributed by atoms with Crippen molar-refractivity contribution in [2.24, 2.45) is 0 Å². The van der Waals surface area contributed by atoms with Gasteiger partial charge in [-0.05, 0) is 26.2 Å². The first-order chi connectivity index (χ1) is 8.14. The van der Waals surface area contributed by atoms with Crippen molar-refractivity contribution >= 4 is 12.2 Å². The minimum atomic E-state index is -0.542. The molecule has 1 aliphatic heterocycles. The topological polar surface area (TPSA) is 37.4 Å². The number of aldehydes is 1. The number of likely N-dealkylation sites (tertiary alicyclic amines) is 1. The van der Waals surface area contributed by atoms with Gasteiger partial charge in [0.2, 0.25) is 5.91 Å². The Balaban J connectivity index is 2.41. The summed E-state index contributed by atoms with van der Waals surface area (Å²) < 4.78 is 0. The van der Waals surface area contributed by atoms with Gasteiger partial charge in [-0.2, -0.15) is 0 Å². The normalized spacial score (nSPS) is 25.1. The molecule has 0 bridgehead atoms. The fraction of sp³-hybridized carbons (Fsp3) is 0.857. The van der Waals surface area contributed by atoms with Crippen LogP contribution in [0.5, 0.6) is 0 Å². The molecule has 0 spiro atoms. The molecule has 17 heavy (non-hydrogen) atoms. The molecule has 3 heteroatoms. The van der Waals surface area contributed by atoms with Crippen molar-refractivity contribution in [3.8, 4) is 0 Å². The monoisotopic (exact) mass is 239 g/mol. The van der Waals surface area contributed by atoms with Crippen molar-refractivity contribution in [1.29, 1.82) is 0 Å². The average Bonchev–Trinajstić information content (AvgIpc) is 2.32. The van der Waals surface area contributed by atoms with Gasteiger partial charge in [0.1, 0.15) is 6.29 Å². The minimum absolute atomic E-state index is 0.154. The predicted molar refractivity (Wildman–Crippen MR) is 68.8 cm³/mol. The maximum Gasteiger partial charge on any atom is 0.223 e. The number of hydrogen-bond donors (Lipinski definition) is 0. The quantitative estimate of drug-likeness (QED) is 0.506. The summed E-state index contributed by atoms with van der Waals surface area (Å²) >= 11 is 0. The zero-order valence-corrected chi connectivity index (χ0v) is 11.2. The number of rotatable bonds is 7. The molecular weight excluding hydrogens is 214 g/mol. The molecule has 1 saturated heterocycles. The van der Waals surface area contributed by atoms with Gasteiger partial charge in [0.15, 0.2) is 0 Å². The molecule has 0 aromatic heterocycles. The summed E-state index contributed by atoms with van der Waals surface area (Å²) in [4.78, 5) is 24.8. The Kier molecular flexibility index (Phi) is 5.66. The van der Waals surface area contributed by atoms with E-state index >= 15 is 0 Å². The second kappa shape index (κ2) is 6.77. The molecule has 0 aromatic rings. The van der Waals surface area contributed by atoms with Crippen LogP contribution in [0.2, 0.25) is 0 Å². The standard InChI is InChI=1S/C14H25NO2/c1-3-4-5-6-7-11-15-13(17)9-8-10-14(15,2)12-16/h12H,3-11H2,1-2H3. The van der Waals surface area contributed by atoms with E-state index in [0.29, 0.717) is 6.42 Å². The highest BCUT2D eigenvalue weighted by Gasteiger charge is 2.37. The number of carbonyl (C=O) groups is 2. The lowest BCUT2D eigenvalue weighted by Crippen LogP contribution is -2.54. The van der Waals surface area contributed by atoms with E-state index < -0.39 is 5.54 Å². The second-order valence-corrected chi connectivity index (χ2v) is 5.29. The van der Waals surface area contributed by atoms with Gasteiger partial charge < -0.3 is 9.69 Å². The van der Waals surface area contributed by atoms with E-state index in [1.807, 2.05) is 6.92 Å². The van der Waals surface area contributed by atoms with Crippen LogP contribution in [0.1, 0.15) is 65.2 Å². The third-order valence-electron chi connectivity index (χ3n) is 3.73. The number of carbonyl (C=O) groups excluding carboxylic acids is 2. The van der Waals surface area contributed by atoms with Crippen molar-refractivity contribution in [3.63, 3.8) is 0 Å². The van der Waals surface area contributed by atoms with Gasteiger partial charge >= 0.3 is 0 Å². The van der Waals surface area contributed by atoms with Crippen molar-refractivity contribution < 1.29 is 9.59 Å². The highest BCUT2D eigenvalue weighted by Crippen LogP contribution is 2.27. The lowest BCUT2D eigenvalue weighted by Gasteiger charge is -2.41. The van der Waals surface area contributed by atoms with Gasteiger partial charge in [0.25, 0.3) is 0 Å². The van der Waals surface area contributed by atoms with Crippen LogP contribution in [0.25, 0.3) is 0 Å². The van der Waals surface area contributed by atoms with Crippen molar-refractivity contribution in [1.82, 2.24) is 4.90 Å². The molecule has 3 nitrogen and oxygen atoms in total. The molecule has 1 rings (SSSR count). The molecule has 0 aromatic carbocycles. The zero-order valence-electron chi connectivity index (χ0n) is 11.2. The Bertz CT molecular complexity index is 265. The van der Waals surface area contributed by atoms with E-state index in [4.69, 9.17) is 0 Å². The highest BCUT2D eigenvalue weighted by molar-refractivity contribution is 5.83. The maximum atomic E-state index is 11.9. The molecule has 1 fully saturated rings. The van der Waals surface area contributed by atoms with E-state index in [9.17, 15) is 9.59 Å². The lowest BCUT2D eigenvalue weighted by molar-refractivity contribution is -0.145. The van der Waals surface area contributed by atoms with Crippen molar-refractivity contribution in [3.05, 3.63) is 0 Å². The van der Waals surface area contributed by atoms with Crippen LogP contribution in [-0.4, -0.2) is 29.2 Å². The van der Waals surface area contributed by atoms with Crippen molar-refractivity contribution in [2.75, 3.05) is 6.54 Å². The molecule has 0 N–H and O–H groups in total. The lowest BCUT2D eigenvalue weighted by atomic mass is 9.89. The van der Waals surface area contributed by atoms with Crippen LogP contribution in [0, 0.1) is 0 Å². The number of amides is 1. The molecule has 1 unspecified atom stereocenters. The van der Waals surface area contributed by atoms with Crippen LogP contribution >= 0.6 is 0 Å². The van der Waals surface area contributed by atoms with Crippen LogP contribution in [0.4, 0.5) is 0 Å². The molecule has 0 saturated carbocycles. The predicted octanol–water partition coefficient (Wildman–Crippen LogP) is 2.93. The van der Waals surface area contributed by atoms with Crippen LogP contribution in [0.3, 0.4) is 0 Å². The SMILES string of the molecule is CCCCCCCN1C(=O)CCCC1(C)C=O. The van der Waals surface area contributed by atoms with Gasteiger partial charge in [-0.3, -0.25) is 4.79 Å². The fourth-order valence-electron chi connectivity index (χ4n) is 2.53. The summed E-state index contributed by atoms with van der Waals surface area (Å²) in [5.74, 6) is 0.154. The Hall–Kier alpha value is -0.860. The number of piperidine rings is 1. The molecule has 1 atom stereocenters. The molecule has 1 aliphatic rings. The number of hydrogen-bond acceptors (Lipinski definition) is 2. The largest absolute Gasteiger partial charge is 0.331 e. The number of unbranched alkanes of at least 4 members (excludes halogenated alkanes) is 4. The summed E-state index contributed by atoms with van der Waals surface area (Å²) in [5, 5.41) is 0. The molecule has 1 amide bonds. The Morgan fingerprint density at radius 3 is 2.65 bits per heavy atom. The van der Waals surface area contributed by atoms with Crippen LogP contribution in [-0.2, 0) is 9.59 Å². The molecule has 98 valence electrons. The highest BCUT2D eigenvalue weighted by atomic mass is 16.2. The Morgan fingerprint density at radius 2 is 2.00 bits per heavy atom. The van der Waals surface area contributed by atoms with Gasteiger partial charge in [-0.25, -0.2) is 0 Å².